The maximum atomic E-state index is 5.62. The van der Waals surface area contributed by atoms with Crippen LogP contribution in [0.5, 0.6) is 0 Å². The molecule has 0 bridgehead atoms. The molecule has 5 nitrogen and oxygen atoms in total. The van der Waals surface area contributed by atoms with Crippen molar-refractivity contribution in [3.05, 3.63) is 35.9 Å². The number of aliphatic imine (C=N–C) groups is 2. The highest BCUT2D eigenvalue weighted by molar-refractivity contribution is 5.93. The van der Waals surface area contributed by atoms with Gasteiger partial charge in [0.1, 0.15) is 0 Å². The largest absolute Gasteiger partial charge is 0.369 e. The Morgan fingerprint density at radius 2 is 1.81 bits per heavy atom. The topological polar surface area (TPSA) is 80.0 Å². The van der Waals surface area contributed by atoms with Gasteiger partial charge in [-0.15, -0.1) is 0 Å². The van der Waals surface area contributed by atoms with E-state index in [9.17, 15) is 0 Å². The molecule has 86 valence electrons. The van der Waals surface area contributed by atoms with Gasteiger partial charge in [0.05, 0.1) is 6.54 Å². The third-order valence-electron chi connectivity index (χ3n) is 1.95. The molecular formula is C11H17N5. The second kappa shape index (κ2) is 5.75. The lowest BCUT2D eigenvalue weighted by atomic mass is 10.2. The van der Waals surface area contributed by atoms with Crippen molar-refractivity contribution in [1.82, 2.24) is 4.90 Å². The van der Waals surface area contributed by atoms with Crippen molar-refractivity contribution in [2.75, 3.05) is 14.1 Å². The molecule has 0 saturated carbocycles. The lowest BCUT2D eigenvalue weighted by Crippen LogP contribution is -2.32. The molecule has 1 aromatic carbocycles. The summed E-state index contributed by atoms with van der Waals surface area (Å²) >= 11 is 0. The first-order valence-electron chi connectivity index (χ1n) is 4.95. The van der Waals surface area contributed by atoms with Gasteiger partial charge in [0.25, 0.3) is 0 Å². The van der Waals surface area contributed by atoms with E-state index in [-0.39, 0.29) is 5.96 Å². The van der Waals surface area contributed by atoms with Crippen molar-refractivity contribution in [1.29, 1.82) is 0 Å². The van der Waals surface area contributed by atoms with Gasteiger partial charge in [0, 0.05) is 14.1 Å². The first kappa shape index (κ1) is 12.0. The van der Waals surface area contributed by atoms with Gasteiger partial charge < -0.3 is 16.4 Å². The van der Waals surface area contributed by atoms with Gasteiger partial charge in [0.15, 0.2) is 5.96 Å². The van der Waals surface area contributed by atoms with E-state index in [4.69, 9.17) is 11.5 Å². The fourth-order valence-electron chi connectivity index (χ4n) is 1.01. The van der Waals surface area contributed by atoms with E-state index in [0.29, 0.717) is 12.5 Å². The molecule has 0 radical (unpaired) electrons. The van der Waals surface area contributed by atoms with Crippen molar-refractivity contribution >= 4 is 11.9 Å². The smallest absolute Gasteiger partial charge is 0.218 e. The second-order valence-corrected chi connectivity index (χ2v) is 3.52. The molecule has 0 amide bonds. The van der Waals surface area contributed by atoms with E-state index >= 15 is 0 Å². The Kier molecular flexibility index (Phi) is 4.32. The molecule has 0 aliphatic rings. The number of hydrogen-bond donors (Lipinski definition) is 2. The molecule has 0 atom stereocenters. The van der Waals surface area contributed by atoms with Crippen LogP contribution in [0.25, 0.3) is 0 Å². The van der Waals surface area contributed by atoms with Crippen molar-refractivity contribution in [2.45, 2.75) is 6.54 Å². The van der Waals surface area contributed by atoms with Crippen molar-refractivity contribution in [3.8, 4) is 0 Å². The molecule has 16 heavy (non-hydrogen) atoms. The number of hydrogen-bond acceptors (Lipinski definition) is 1. The quantitative estimate of drug-likeness (QED) is 0.557. The predicted molar refractivity (Wildman–Crippen MR) is 67.1 cm³/mol. The Hall–Kier alpha value is -2.04. The Morgan fingerprint density at radius 3 is 2.38 bits per heavy atom. The van der Waals surface area contributed by atoms with E-state index in [1.54, 1.807) is 19.0 Å². The van der Waals surface area contributed by atoms with Crippen LogP contribution in [0.4, 0.5) is 0 Å². The molecule has 0 fully saturated rings. The molecule has 0 aromatic heterocycles. The van der Waals surface area contributed by atoms with Crippen molar-refractivity contribution in [2.24, 2.45) is 21.5 Å². The fraction of sp³-hybridized carbons (Fsp3) is 0.273. The standard InChI is InChI=1S/C11H17N5/c1-16(2)11(13)15-10(12)14-8-9-6-4-3-5-7-9/h3-7H,8H2,1-2H3,(H4,12,13,14,15). The van der Waals surface area contributed by atoms with Gasteiger partial charge in [-0.2, -0.15) is 4.99 Å². The molecule has 0 saturated heterocycles. The third kappa shape index (κ3) is 4.00. The second-order valence-electron chi connectivity index (χ2n) is 3.52. The number of guanidine groups is 2. The zero-order valence-electron chi connectivity index (χ0n) is 9.59. The summed E-state index contributed by atoms with van der Waals surface area (Å²) < 4.78 is 0. The molecule has 0 unspecified atom stereocenters. The summed E-state index contributed by atoms with van der Waals surface area (Å²) in [6, 6.07) is 9.83. The van der Waals surface area contributed by atoms with Crippen molar-refractivity contribution < 1.29 is 0 Å². The van der Waals surface area contributed by atoms with Crippen LogP contribution >= 0.6 is 0 Å². The predicted octanol–water partition coefficient (Wildman–Crippen LogP) is 0.378. The summed E-state index contributed by atoms with van der Waals surface area (Å²) in [7, 11) is 3.59. The Morgan fingerprint density at radius 1 is 1.19 bits per heavy atom. The minimum absolute atomic E-state index is 0.190. The molecule has 0 heterocycles. The third-order valence-corrected chi connectivity index (χ3v) is 1.95. The van der Waals surface area contributed by atoms with Gasteiger partial charge in [0.2, 0.25) is 5.96 Å². The molecule has 4 N–H and O–H groups in total. The van der Waals surface area contributed by atoms with E-state index in [1.165, 1.54) is 0 Å². The molecule has 0 spiro atoms. The lowest BCUT2D eigenvalue weighted by Gasteiger charge is -2.09. The SMILES string of the molecule is CN(C)C(N)=NC(N)=NCc1ccccc1. The molecule has 1 aromatic rings. The van der Waals surface area contributed by atoms with Crippen LogP contribution in [-0.4, -0.2) is 30.9 Å². The van der Waals surface area contributed by atoms with E-state index < -0.39 is 0 Å². The summed E-state index contributed by atoms with van der Waals surface area (Å²) in [5.74, 6) is 0.532. The zero-order valence-corrected chi connectivity index (χ0v) is 9.59. The van der Waals surface area contributed by atoms with Crippen LogP contribution in [0, 0.1) is 0 Å². The van der Waals surface area contributed by atoms with Crippen LogP contribution in [-0.2, 0) is 6.54 Å². The van der Waals surface area contributed by atoms with E-state index in [1.807, 2.05) is 30.3 Å². The number of nitrogens with two attached hydrogens (primary N) is 2. The van der Waals surface area contributed by atoms with Crippen LogP contribution in [0.1, 0.15) is 5.56 Å². The first-order valence-corrected chi connectivity index (χ1v) is 4.95. The number of benzene rings is 1. The average Bonchev–Trinajstić information content (AvgIpc) is 2.27. The summed E-state index contributed by atoms with van der Waals surface area (Å²) in [6.07, 6.45) is 0. The Labute approximate surface area is 95.5 Å². The maximum absolute atomic E-state index is 5.62. The Balaban J connectivity index is 2.62. The summed E-state index contributed by atoms with van der Waals surface area (Å²) in [6.45, 7) is 0.511. The molecule has 0 aliphatic carbocycles. The molecular weight excluding hydrogens is 202 g/mol. The van der Waals surface area contributed by atoms with Gasteiger partial charge in [-0.3, -0.25) is 0 Å². The van der Waals surface area contributed by atoms with Crippen molar-refractivity contribution in [3.63, 3.8) is 0 Å². The highest BCUT2D eigenvalue weighted by atomic mass is 15.2. The fourth-order valence-corrected chi connectivity index (χ4v) is 1.01. The summed E-state index contributed by atoms with van der Waals surface area (Å²) in [4.78, 5) is 9.73. The van der Waals surface area contributed by atoms with E-state index in [2.05, 4.69) is 9.98 Å². The summed E-state index contributed by atoms with van der Waals surface area (Å²) in [5.41, 5.74) is 12.3. The van der Waals surface area contributed by atoms with Gasteiger partial charge >= 0.3 is 0 Å². The van der Waals surface area contributed by atoms with Gasteiger partial charge in [-0.05, 0) is 5.56 Å². The minimum atomic E-state index is 0.190. The van der Waals surface area contributed by atoms with Gasteiger partial charge in [-0.25, -0.2) is 4.99 Å². The highest BCUT2D eigenvalue weighted by Gasteiger charge is 1.95. The molecule has 0 aliphatic heterocycles. The number of rotatable bonds is 2. The normalized spacial score (nSPS) is 12.6. The summed E-state index contributed by atoms with van der Waals surface area (Å²) in [5, 5.41) is 0. The van der Waals surface area contributed by atoms with Crippen LogP contribution < -0.4 is 11.5 Å². The minimum Gasteiger partial charge on any atom is -0.369 e. The van der Waals surface area contributed by atoms with Crippen LogP contribution in [0.2, 0.25) is 0 Å². The zero-order chi connectivity index (χ0) is 12.0. The van der Waals surface area contributed by atoms with E-state index in [0.717, 1.165) is 5.56 Å². The van der Waals surface area contributed by atoms with Crippen LogP contribution in [0.3, 0.4) is 0 Å². The number of nitrogens with zero attached hydrogens (tertiary/aromatic N) is 3. The highest BCUT2D eigenvalue weighted by Crippen LogP contribution is 1.99. The lowest BCUT2D eigenvalue weighted by molar-refractivity contribution is 0.615. The van der Waals surface area contributed by atoms with Crippen LogP contribution in [0.15, 0.2) is 40.3 Å². The molecule has 5 heteroatoms. The molecule has 1 rings (SSSR count). The first-order chi connectivity index (χ1) is 7.59. The Bertz CT molecular complexity index is 381. The van der Waals surface area contributed by atoms with Gasteiger partial charge in [-0.1, -0.05) is 30.3 Å². The maximum Gasteiger partial charge on any atom is 0.218 e. The average molecular weight is 219 g/mol. The monoisotopic (exact) mass is 219 g/mol.